The van der Waals surface area contributed by atoms with Crippen LogP contribution in [0.3, 0.4) is 0 Å². The van der Waals surface area contributed by atoms with Gasteiger partial charge in [-0.25, -0.2) is 17.8 Å². The zero-order valence-electron chi connectivity index (χ0n) is 12.2. The predicted octanol–water partition coefficient (Wildman–Crippen LogP) is 3.72. The zero-order valence-corrected chi connectivity index (χ0v) is 13.0. The van der Waals surface area contributed by atoms with E-state index in [1.54, 1.807) is 24.4 Å². The molecule has 0 atom stereocenters. The van der Waals surface area contributed by atoms with E-state index in [0.717, 1.165) is 36.6 Å². The van der Waals surface area contributed by atoms with Gasteiger partial charge >= 0.3 is 0 Å². The summed E-state index contributed by atoms with van der Waals surface area (Å²) in [4.78, 5) is 4.05. The zero-order chi connectivity index (χ0) is 15.7. The minimum Gasteiger partial charge on any atom is -0.244 e. The van der Waals surface area contributed by atoms with E-state index in [1.165, 1.54) is 29.3 Å². The predicted molar refractivity (Wildman–Crippen MR) is 84.4 cm³/mol. The molecule has 1 aliphatic rings. The molecule has 0 aliphatic heterocycles. The molecular weight excluding hydrogens is 301 g/mol. The topological polar surface area (TPSA) is 47.0 Å². The van der Waals surface area contributed by atoms with E-state index in [9.17, 15) is 12.8 Å². The Morgan fingerprint density at radius 1 is 0.955 bits per heavy atom. The number of hydrogen-bond acceptors (Lipinski definition) is 3. The van der Waals surface area contributed by atoms with Crippen molar-refractivity contribution in [3.63, 3.8) is 0 Å². The van der Waals surface area contributed by atoms with Crippen LogP contribution in [-0.2, 0) is 9.84 Å². The molecule has 22 heavy (non-hydrogen) atoms. The summed E-state index contributed by atoms with van der Waals surface area (Å²) in [6.07, 6.45) is 5.66. The molecule has 1 aromatic carbocycles. The van der Waals surface area contributed by atoms with Gasteiger partial charge in [0.25, 0.3) is 0 Å². The summed E-state index contributed by atoms with van der Waals surface area (Å²) >= 11 is 0. The number of halogens is 1. The van der Waals surface area contributed by atoms with Crippen LogP contribution in [0.15, 0.2) is 47.6 Å². The van der Waals surface area contributed by atoms with Gasteiger partial charge in [-0.05, 0) is 59.7 Å². The molecule has 1 aromatic heterocycles. The molecule has 1 heterocycles. The van der Waals surface area contributed by atoms with Crippen LogP contribution in [0.5, 0.6) is 0 Å². The first-order valence-electron chi connectivity index (χ1n) is 7.09. The SMILES string of the molecule is CS(=O)(=O)c1ccc(C2=C(c3ccc(F)cc3)CCC2)cn1. The Kier molecular flexibility index (Phi) is 3.83. The van der Waals surface area contributed by atoms with Crippen LogP contribution in [0.1, 0.15) is 30.4 Å². The molecule has 2 aromatic rings. The van der Waals surface area contributed by atoms with Crippen molar-refractivity contribution >= 4 is 21.0 Å². The Morgan fingerprint density at radius 2 is 1.55 bits per heavy atom. The molecule has 0 amide bonds. The summed E-state index contributed by atoms with van der Waals surface area (Å²) < 4.78 is 36.0. The van der Waals surface area contributed by atoms with E-state index < -0.39 is 9.84 Å². The molecule has 0 N–H and O–H groups in total. The Bertz CT molecular complexity index is 822. The number of pyridine rings is 1. The summed E-state index contributed by atoms with van der Waals surface area (Å²) in [6, 6.07) is 9.83. The lowest BCUT2D eigenvalue weighted by Gasteiger charge is -2.09. The average molecular weight is 317 g/mol. The first-order valence-corrected chi connectivity index (χ1v) is 8.99. The standard InChI is InChI=1S/C17H16FNO2S/c1-22(20,21)17-10-7-13(11-19-17)16-4-2-3-15(16)12-5-8-14(18)9-6-12/h5-11H,2-4H2,1H3. The summed E-state index contributed by atoms with van der Waals surface area (Å²) in [7, 11) is -3.28. The number of allylic oxidation sites excluding steroid dienone is 2. The summed E-state index contributed by atoms with van der Waals surface area (Å²) in [6.45, 7) is 0. The van der Waals surface area contributed by atoms with Crippen LogP contribution in [0, 0.1) is 5.82 Å². The van der Waals surface area contributed by atoms with Gasteiger partial charge in [-0.2, -0.15) is 0 Å². The molecule has 0 unspecified atom stereocenters. The molecule has 0 radical (unpaired) electrons. The Hall–Kier alpha value is -2.01. The first kappa shape index (κ1) is 14.9. The molecule has 0 bridgehead atoms. The molecule has 0 fully saturated rings. The Balaban J connectivity index is 2.01. The van der Waals surface area contributed by atoms with E-state index in [-0.39, 0.29) is 10.8 Å². The normalized spacial score (nSPS) is 15.4. The highest BCUT2D eigenvalue weighted by molar-refractivity contribution is 7.90. The molecular formula is C17H16FNO2S. The largest absolute Gasteiger partial charge is 0.244 e. The van der Waals surface area contributed by atoms with Crippen molar-refractivity contribution in [1.29, 1.82) is 0 Å². The van der Waals surface area contributed by atoms with Gasteiger partial charge in [-0.15, -0.1) is 0 Å². The maximum absolute atomic E-state index is 13.1. The van der Waals surface area contributed by atoms with Gasteiger partial charge in [0.1, 0.15) is 5.82 Å². The fraction of sp³-hybridized carbons (Fsp3) is 0.235. The van der Waals surface area contributed by atoms with Crippen molar-refractivity contribution in [3.05, 3.63) is 59.5 Å². The van der Waals surface area contributed by atoms with Crippen LogP contribution in [0.25, 0.3) is 11.1 Å². The van der Waals surface area contributed by atoms with Gasteiger partial charge < -0.3 is 0 Å². The van der Waals surface area contributed by atoms with Crippen LogP contribution in [-0.4, -0.2) is 19.7 Å². The molecule has 0 saturated carbocycles. The fourth-order valence-corrected chi connectivity index (χ4v) is 3.37. The lowest BCUT2D eigenvalue weighted by atomic mass is 9.98. The van der Waals surface area contributed by atoms with E-state index in [0.29, 0.717) is 0 Å². The molecule has 3 nitrogen and oxygen atoms in total. The third-order valence-corrected chi connectivity index (χ3v) is 4.88. The van der Waals surface area contributed by atoms with Crippen LogP contribution in [0.4, 0.5) is 4.39 Å². The number of sulfone groups is 1. The van der Waals surface area contributed by atoms with Crippen molar-refractivity contribution in [1.82, 2.24) is 4.98 Å². The van der Waals surface area contributed by atoms with Crippen molar-refractivity contribution < 1.29 is 12.8 Å². The monoisotopic (exact) mass is 317 g/mol. The van der Waals surface area contributed by atoms with Gasteiger partial charge in [0.15, 0.2) is 14.9 Å². The lowest BCUT2D eigenvalue weighted by molar-refractivity contribution is 0.598. The quantitative estimate of drug-likeness (QED) is 0.867. The molecule has 0 saturated heterocycles. The van der Waals surface area contributed by atoms with Crippen molar-refractivity contribution in [3.8, 4) is 0 Å². The summed E-state index contributed by atoms with van der Waals surface area (Å²) in [5, 5.41) is 0.0816. The number of aromatic nitrogens is 1. The highest BCUT2D eigenvalue weighted by Crippen LogP contribution is 2.39. The molecule has 5 heteroatoms. The fourth-order valence-electron chi connectivity index (χ4n) is 2.81. The molecule has 0 spiro atoms. The second-order valence-electron chi connectivity index (χ2n) is 5.47. The van der Waals surface area contributed by atoms with Crippen molar-refractivity contribution in [2.75, 3.05) is 6.26 Å². The van der Waals surface area contributed by atoms with E-state index in [2.05, 4.69) is 4.98 Å². The first-order chi connectivity index (χ1) is 10.4. The highest BCUT2D eigenvalue weighted by atomic mass is 32.2. The average Bonchev–Trinajstić information content (AvgIpc) is 2.97. The molecule has 114 valence electrons. The van der Waals surface area contributed by atoms with Gasteiger partial charge in [0.05, 0.1) is 0 Å². The summed E-state index contributed by atoms with van der Waals surface area (Å²) in [5.41, 5.74) is 4.30. The van der Waals surface area contributed by atoms with Crippen LogP contribution >= 0.6 is 0 Å². The molecule has 1 aliphatic carbocycles. The third-order valence-electron chi connectivity index (χ3n) is 3.88. The Labute approximate surface area is 129 Å². The van der Waals surface area contributed by atoms with E-state index in [4.69, 9.17) is 0 Å². The van der Waals surface area contributed by atoms with E-state index >= 15 is 0 Å². The summed E-state index contributed by atoms with van der Waals surface area (Å²) in [5.74, 6) is -0.247. The minimum absolute atomic E-state index is 0.0816. The van der Waals surface area contributed by atoms with Crippen molar-refractivity contribution in [2.45, 2.75) is 24.3 Å². The van der Waals surface area contributed by atoms with Crippen LogP contribution < -0.4 is 0 Å². The van der Waals surface area contributed by atoms with Gasteiger partial charge in [-0.3, -0.25) is 0 Å². The highest BCUT2D eigenvalue weighted by Gasteiger charge is 2.18. The van der Waals surface area contributed by atoms with Gasteiger partial charge in [0.2, 0.25) is 0 Å². The second kappa shape index (κ2) is 5.65. The smallest absolute Gasteiger partial charge is 0.192 e. The van der Waals surface area contributed by atoms with Crippen molar-refractivity contribution in [2.24, 2.45) is 0 Å². The van der Waals surface area contributed by atoms with Gasteiger partial charge in [0, 0.05) is 12.5 Å². The maximum Gasteiger partial charge on any atom is 0.192 e. The number of benzene rings is 1. The van der Waals surface area contributed by atoms with Crippen LogP contribution in [0.2, 0.25) is 0 Å². The number of hydrogen-bond donors (Lipinski definition) is 0. The van der Waals surface area contributed by atoms with Gasteiger partial charge in [-0.1, -0.05) is 18.2 Å². The minimum atomic E-state index is -3.28. The maximum atomic E-state index is 13.1. The molecule has 3 rings (SSSR count). The second-order valence-corrected chi connectivity index (χ2v) is 7.44. The van der Waals surface area contributed by atoms with E-state index in [1.807, 2.05) is 0 Å². The Morgan fingerprint density at radius 3 is 2.09 bits per heavy atom. The number of nitrogens with zero attached hydrogens (tertiary/aromatic N) is 1. The number of rotatable bonds is 3. The third kappa shape index (κ3) is 2.95. The lowest BCUT2D eigenvalue weighted by Crippen LogP contribution is -2.00.